The van der Waals surface area contributed by atoms with Crippen LogP contribution in [0.3, 0.4) is 0 Å². The van der Waals surface area contributed by atoms with Crippen LogP contribution in [0.15, 0.2) is 12.1 Å². The summed E-state index contributed by atoms with van der Waals surface area (Å²) < 4.78 is 0. The number of phenolic OH excluding ortho intramolecular Hbond substituents is 2. The summed E-state index contributed by atoms with van der Waals surface area (Å²) in [5.41, 5.74) is -0.0448. The molecule has 0 amide bonds. The van der Waals surface area contributed by atoms with Gasteiger partial charge in [-0.3, -0.25) is 4.79 Å². The minimum absolute atomic E-state index is 0.0448. The Labute approximate surface area is 74.2 Å². The average molecular weight is 187 g/mol. The second-order valence-corrected chi connectivity index (χ2v) is 2.75. The second-order valence-electron chi connectivity index (χ2n) is 2.35. The number of hydrogen-bond acceptors (Lipinski definition) is 3. The normalized spacial score (nSPS) is 9.83. The van der Waals surface area contributed by atoms with Gasteiger partial charge in [0, 0.05) is 0 Å². The van der Waals surface area contributed by atoms with E-state index in [1.165, 1.54) is 19.1 Å². The standard InChI is InChI=1S/C8H7ClO3/c1-4(10)7-5(9)2-3-6(11)8(7)12/h2-3,11-12H,1H3. The number of Topliss-reactive ketones (excluding diaryl/α,β-unsaturated/α-hetero) is 1. The van der Waals surface area contributed by atoms with Crippen LogP contribution in [0.2, 0.25) is 5.02 Å². The molecule has 0 radical (unpaired) electrons. The third-order valence-corrected chi connectivity index (χ3v) is 1.77. The zero-order valence-electron chi connectivity index (χ0n) is 6.34. The fourth-order valence-electron chi connectivity index (χ4n) is 0.890. The van der Waals surface area contributed by atoms with Crippen LogP contribution in [0.1, 0.15) is 17.3 Å². The van der Waals surface area contributed by atoms with Gasteiger partial charge < -0.3 is 10.2 Å². The number of phenols is 2. The fourth-order valence-corrected chi connectivity index (χ4v) is 1.18. The molecule has 0 saturated heterocycles. The Bertz CT molecular complexity index is 333. The van der Waals surface area contributed by atoms with Crippen molar-refractivity contribution >= 4 is 17.4 Å². The quantitative estimate of drug-likeness (QED) is 0.521. The monoisotopic (exact) mass is 186 g/mol. The molecular formula is C8H7ClO3. The highest BCUT2D eigenvalue weighted by Crippen LogP contribution is 2.33. The van der Waals surface area contributed by atoms with Crippen LogP contribution in [0.5, 0.6) is 11.5 Å². The van der Waals surface area contributed by atoms with Crippen molar-refractivity contribution in [2.75, 3.05) is 0 Å². The molecule has 0 bridgehead atoms. The summed E-state index contributed by atoms with van der Waals surface area (Å²) >= 11 is 5.60. The molecule has 0 aliphatic heterocycles. The molecule has 64 valence electrons. The van der Waals surface area contributed by atoms with Gasteiger partial charge in [0.1, 0.15) is 0 Å². The zero-order valence-corrected chi connectivity index (χ0v) is 7.09. The molecule has 2 N–H and O–H groups in total. The number of halogens is 1. The maximum atomic E-state index is 10.9. The molecule has 0 atom stereocenters. The van der Waals surface area contributed by atoms with E-state index in [4.69, 9.17) is 16.7 Å². The molecule has 12 heavy (non-hydrogen) atoms. The minimum Gasteiger partial charge on any atom is -0.504 e. The summed E-state index contributed by atoms with van der Waals surface area (Å²) in [6.45, 7) is 1.26. The molecule has 0 fully saturated rings. The lowest BCUT2D eigenvalue weighted by atomic mass is 10.1. The molecule has 0 aromatic heterocycles. The Morgan fingerprint density at radius 2 is 2.00 bits per heavy atom. The first-order chi connectivity index (χ1) is 5.54. The molecule has 0 spiro atoms. The molecule has 0 unspecified atom stereocenters. The molecule has 1 aromatic rings. The van der Waals surface area contributed by atoms with Gasteiger partial charge in [-0.2, -0.15) is 0 Å². The maximum Gasteiger partial charge on any atom is 0.169 e. The second kappa shape index (κ2) is 3.03. The van der Waals surface area contributed by atoms with Gasteiger partial charge in [-0.05, 0) is 19.1 Å². The van der Waals surface area contributed by atoms with E-state index in [-0.39, 0.29) is 22.1 Å². The van der Waals surface area contributed by atoms with E-state index < -0.39 is 5.75 Å². The Hall–Kier alpha value is -1.22. The minimum atomic E-state index is -0.463. The van der Waals surface area contributed by atoms with Crippen molar-refractivity contribution in [2.45, 2.75) is 6.92 Å². The Balaban J connectivity index is 3.43. The first-order valence-corrected chi connectivity index (χ1v) is 3.63. The highest BCUT2D eigenvalue weighted by molar-refractivity contribution is 6.34. The summed E-state index contributed by atoms with van der Waals surface area (Å²) in [4.78, 5) is 10.9. The summed E-state index contributed by atoms with van der Waals surface area (Å²) in [7, 11) is 0. The van der Waals surface area contributed by atoms with Gasteiger partial charge in [-0.1, -0.05) is 11.6 Å². The third-order valence-electron chi connectivity index (χ3n) is 1.46. The lowest BCUT2D eigenvalue weighted by molar-refractivity contribution is 0.101. The molecule has 0 heterocycles. The molecule has 0 aliphatic rings. The summed E-state index contributed by atoms with van der Waals surface area (Å²) in [5, 5.41) is 18.3. The van der Waals surface area contributed by atoms with Crippen LogP contribution >= 0.6 is 11.6 Å². The average Bonchev–Trinajstić information content (AvgIpc) is 1.97. The number of aromatic hydroxyl groups is 2. The molecule has 4 heteroatoms. The van der Waals surface area contributed by atoms with E-state index in [9.17, 15) is 9.90 Å². The van der Waals surface area contributed by atoms with Gasteiger partial charge in [0.2, 0.25) is 0 Å². The molecule has 0 aliphatic carbocycles. The van der Waals surface area contributed by atoms with Gasteiger partial charge in [-0.15, -0.1) is 0 Å². The molecular weight excluding hydrogens is 180 g/mol. The van der Waals surface area contributed by atoms with E-state index in [0.29, 0.717) is 0 Å². The van der Waals surface area contributed by atoms with E-state index in [1.807, 2.05) is 0 Å². The van der Waals surface area contributed by atoms with E-state index >= 15 is 0 Å². The Kier molecular flexibility index (Phi) is 2.24. The molecule has 1 aromatic carbocycles. The van der Waals surface area contributed by atoms with Crippen molar-refractivity contribution in [3.8, 4) is 11.5 Å². The highest BCUT2D eigenvalue weighted by atomic mass is 35.5. The summed E-state index contributed by atoms with van der Waals surface area (Å²) in [6, 6.07) is 2.58. The first-order valence-electron chi connectivity index (χ1n) is 3.25. The van der Waals surface area contributed by atoms with Crippen LogP contribution in [-0.4, -0.2) is 16.0 Å². The van der Waals surface area contributed by atoms with Crippen molar-refractivity contribution in [3.63, 3.8) is 0 Å². The lowest BCUT2D eigenvalue weighted by Gasteiger charge is -2.03. The fraction of sp³-hybridized carbons (Fsp3) is 0.125. The largest absolute Gasteiger partial charge is 0.504 e. The van der Waals surface area contributed by atoms with Crippen molar-refractivity contribution in [3.05, 3.63) is 22.7 Å². The Morgan fingerprint density at radius 1 is 1.42 bits per heavy atom. The van der Waals surface area contributed by atoms with E-state index in [1.54, 1.807) is 0 Å². The molecule has 1 rings (SSSR count). The van der Waals surface area contributed by atoms with Crippen molar-refractivity contribution in [1.29, 1.82) is 0 Å². The number of carbonyl (C=O) groups is 1. The smallest absolute Gasteiger partial charge is 0.169 e. The van der Waals surface area contributed by atoms with Crippen LogP contribution < -0.4 is 0 Å². The number of rotatable bonds is 1. The first kappa shape index (κ1) is 8.87. The predicted molar refractivity (Wildman–Crippen MR) is 44.8 cm³/mol. The number of hydrogen-bond donors (Lipinski definition) is 2. The van der Waals surface area contributed by atoms with Crippen LogP contribution in [0.25, 0.3) is 0 Å². The molecule has 0 saturated carbocycles. The summed E-state index contributed by atoms with van der Waals surface area (Å²) in [5.74, 6) is -1.19. The lowest BCUT2D eigenvalue weighted by Crippen LogP contribution is -1.93. The molecule has 3 nitrogen and oxygen atoms in total. The topological polar surface area (TPSA) is 57.5 Å². The van der Waals surface area contributed by atoms with Gasteiger partial charge in [0.25, 0.3) is 0 Å². The van der Waals surface area contributed by atoms with Crippen molar-refractivity contribution in [2.24, 2.45) is 0 Å². The predicted octanol–water partition coefficient (Wildman–Crippen LogP) is 1.95. The van der Waals surface area contributed by atoms with E-state index in [2.05, 4.69) is 0 Å². The van der Waals surface area contributed by atoms with Crippen molar-refractivity contribution in [1.82, 2.24) is 0 Å². The highest BCUT2D eigenvalue weighted by Gasteiger charge is 2.14. The van der Waals surface area contributed by atoms with E-state index in [0.717, 1.165) is 0 Å². The van der Waals surface area contributed by atoms with Gasteiger partial charge in [0.15, 0.2) is 17.3 Å². The van der Waals surface area contributed by atoms with Gasteiger partial charge in [-0.25, -0.2) is 0 Å². The third kappa shape index (κ3) is 1.36. The number of carbonyl (C=O) groups excluding carboxylic acids is 1. The van der Waals surface area contributed by atoms with Crippen LogP contribution in [0.4, 0.5) is 0 Å². The Morgan fingerprint density at radius 3 is 2.42 bits per heavy atom. The van der Waals surface area contributed by atoms with Gasteiger partial charge in [0.05, 0.1) is 10.6 Å². The zero-order chi connectivity index (χ0) is 9.30. The van der Waals surface area contributed by atoms with Crippen LogP contribution in [-0.2, 0) is 0 Å². The van der Waals surface area contributed by atoms with Crippen molar-refractivity contribution < 1.29 is 15.0 Å². The summed E-state index contributed by atoms with van der Waals surface area (Å²) in [6.07, 6.45) is 0. The number of benzene rings is 1. The van der Waals surface area contributed by atoms with Crippen LogP contribution in [0, 0.1) is 0 Å². The maximum absolute atomic E-state index is 10.9. The van der Waals surface area contributed by atoms with Gasteiger partial charge >= 0.3 is 0 Å². The number of ketones is 1. The SMILES string of the molecule is CC(=O)c1c(Cl)ccc(O)c1O.